The monoisotopic (exact) mass is 296 g/mol. The first-order chi connectivity index (χ1) is 10.7. The highest BCUT2D eigenvalue weighted by Gasteiger charge is 2.21. The summed E-state index contributed by atoms with van der Waals surface area (Å²) in [7, 11) is 0. The van der Waals surface area contributed by atoms with E-state index < -0.39 is 0 Å². The maximum absolute atomic E-state index is 12.2. The molecule has 1 amide bonds. The molecule has 2 aromatic rings. The molecule has 22 heavy (non-hydrogen) atoms. The van der Waals surface area contributed by atoms with Crippen LogP contribution in [0.3, 0.4) is 0 Å². The summed E-state index contributed by atoms with van der Waals surface area (Å²) in [6.07, 6.45) is 5.04. The van der Waals surface area contributed by atoms with Crippen LogP contribution in [0.5, 0.6) is 0 Å². The van der Waals surface area contributed by atoms with Gasteiger partial charge in [0.05, 0.1) is 6.54 Å². The van der Waals surface area contributed by atoms with Crippen molar-refractivity contribution in [3.05, 3.63) is 42.5 Å². The first-order valence-corrected chi connectivity index (χ1v) is 8.25. The molecule has 3 heteroatoms. The molecule has 0 heterocycles. The van der Waals surface area contributed by atoms with Gasteiger partial charge in [0.1, 0.15) is 0 Å². The maximum Gasteiger partial charge on any atom is 0.238 e. The fourth-order valence-corrected chi connectivity index (χ4v) is 3.37. The molecule has 116 valence electrons. The standard InChI is InChI=1S/C19H24N2O/c1-14-7-2-5-11-17(14)20-13-19(22)21-18-12-6-9-15-8-3-4-10-16(15)18/h3-4,6,8-10,12,14,17,20H,2,5,7,11,13H2,1H3,(H,21,22). The molecule has 3 rings (SSSR count). The lowest BCUT2D eigenvalue weighted by atomic mass is 9.86. The van der Waals surface area contributed by atoms with E-state index in [-0.39, 0.29) is 5.91 Å². The summed E-state index contributed by atoms with van der Waals surface area (Å²) in [5, 5.41) is 8.70. The molecule has 2 aromatic carbocycles. The number of hydrogen-bond acceptors (Lipinski definition) is 2. The van der Waals surface area contributed by atoms with Gasteiger partial charge in [-0.1, -0.05) is 56.2 Å². The normalized spacial score (nSPS) is 21.7. The minimum absolute atomic E-state index is 0.0362. The summed E-state index contributed by atoms with van der Waals surface area (Å²) in [5.74, 6) is 0.702. The van der Waals surface area contributed by atoms with Gasteiger partial charge in [-0.05, 0) is 30.2 Å². The lowest BCUT2D eigenvalue weighted by Crippen LogP contribution is -2.41. The Morgan fingerprint density at radius 2 is 1.86 bits per heavy atom. The Bertz CT molecular complexity index is 647. The fourth-order valence-electron chi connectivity index (χ4n) is 3.37. The van der Waals surface area contributed by atoms with E-state index in [1.807, 2.05) is 30.3 Å². The summed E-state index contributed by atoms with van der Waals surface area (Å²) >= 11 is 0. The summed E-state index contributed by atoms with van der Waals surface area (Å²) in [6, 6.07) is 14.6. The Morgan fingerprint density at radius 1 is 1.09 bits per heavy atom. The van der Waals surface area contributed by atoms with Crippen LogP contribution in [0, 0.1) is 5.92 Å². The van der Waals surface area contributed by atoms with Gasteiger partial charge in [-0.2, -0.15) is 0 Å². The van der Waals surface area contributed by atoms with Gasteiger partial charge in [0.2, 0.25) is 5.91 Å². The minimum Gasteiger partial charge on any atom is -0.324 e. The largest absolute Gasteiger partial charge is 0.324 e. The molecule has 3 nitrogen and oxygen atoms in total. The van der Waals surface area contributed by atoms with Gasteiger partial charge in [0.15, 0.2) is 0 Å². The predicted octanol–water partition coefficient (Wildman–Crippen LogP) is 3.95. The van der Waals surface area contributed by atoms with E-state index in [0.717, 1.165) is 16.5 Å². The van der Waals surface area contributed by atoms with Gasteiger partial charge in [-0.3, -0.25) is 4.79 Å². The molecule has 1 saturated carbocycles. The van der Waals surface area contributed by atoms with Crippen LogP contribution in [0.4, 0.5) is 5.69 Å². The number of amides is 1. The number of carbonyl (C=O) groups is 1. The highest BCUT2D eigenvalue weighted by Crippen LogP contribution is 2.24. The Kier molecular flexibility index (Phi) is 4.74. The van der Waals surface area contributed by atoms with Crippen molar-refractivity contribution >= 4 is 22.4 Å². The number of carbonyl (C=O) groups excluding carboxylic acids is 1. The highest BCUT2D eigenvalue weighted by atomic mass is 16.1. The smallest absolute Gasteiger partial charge is 0.238 e. The number of rotatable bonds is 4. The number of benzene rings is 2. The number of nitrogens with one attached hydrogen (secondary N) is 2. The maximum atomic E-state index is 12.2. The highest BCUT2D eigenvalue weighted by molar-refractivity contribution is 6.02. The Balaban J connectivity index is 1.61. The van der Waals surface area contributed by atoms with Crippen molar-refractivity contribution in [1.82, 2.24) is 5.32 Å². The van der Waals surface area contributed by atoms with Gasteiger partial charge in [-0.15, -0.1) is 0 Å². The second-order valence-corrected chi connectivity index (χ2v) is 6.32. The number of hydrogen-bond donors (Lipinski definition) is 2. The van der Waals surface area contributed by atoms with Crippen LogP contribution in [0.25, 0.3) is 10.8 Å². The molecule has 0 aromatic heterocycles. The minimum atomic E-state index is 0.0362. The van der Waals surface area contributed by atoms with Gasteiger partial charge in [-0.25, -0.2) is 0 Å². The second kappa shape index (κ2) is 6.93. The Hall–Kier alpha value is -1.87. The quantitative estimate of drug-likeness (QED) is 0.897. The Morgan fingerprint density at radius 3 is 2.73 bits per heavy atom. The predicted molar refractivity (Wildman–Crippen MR) is 92.0 cm³/mol. The van der Waals surface area contributed by atoms with Crippen molar-refractivity contribution in [2.45, 2.75) is 38.6 Å². The van der Waals surface area contributed by atoms with E-state index in [9.17, 15) is 4.79 Å². The molecule has 0 saturated heterocycles. The van der Waals surface area contributed by atoms with Gasteiger partial charge in [0.25, 0.3) is 0 Å². The first kappa shape index (κ1) is 15.0. The third kappa shape index (κ3) is 3.47. The number of anilines is 1. The van der Waals surface area contributed by atoms with Crippen molar-refractivity contribution in [3.8, 4) is 0 Å². The van der Waals surface area contributed by atoms with Crippen LogP contribution in [0.1, 0.15) is 32.6 Å². The summed E-state index contributed by atoms with van der Waals surface area (Å²) in [6.45, 7) is 2.66. The van der Waals surface area contributed by atoms with Crippen LogP contribution in [0.2, 0.25) is 0 Å². The Labute approximate surface area is 132 Å². The van der Waals surface area contributed by atoms with E-state index in [1.54, 1.807) is 0 Å². The average molecular weight is 296 g/mol. The third-order valence-corrected chi connectivity index (χ3v) is 4.70. The van der Waals surface area contributed by atoms with Crippen LogP contribution in [0.15, 0.2) is 42.5 Å². The summed E-state index contributed by atoms with van der Waals surface area (Å²) < 4.78 is 0. The van der Waals surface area contributed by atoms with Crippen LogP contribution >= 0.6 is 0 Å². The molecular weight excluding hydrogens is 272 g/mol. The van der Waals surface area contributed by atoms with E-state index in [0.29, 0.717) is 18.5 Å². The summed E-state index contributed by atoms with van der Waals surface area (Å²) in [5.41, 5.74) is 0.890. The zero-order valence-electron chi connectivity index (χ0n) is 13.1. The molecule has 2 unspecified atom stereocenters. The van der Waals surface area contributed by atoms with Gasteiger partial charge < -0.3 is 10.6 Å². The lowest BCUT2D eigenvalue weighted by Gasteiger charge is -2.29. The lowest BCUT2D eigenvalue weighted by molar-refractivity contribution is -0.115. The average Bonchev–Trinajstić information content (AvgIpc) is 2.54. The fraction of sp³-hybridized carbons (Fsp3) is 0.421. The van der Waals surface area contributed by atoms with Crippen LogP contribution in [-0.4, -0.2) is 18.5 Å². The molecule has 1 aliphatic carbocycles. The zero-order valence-corrected chi connectivity index (χ0v) is 13.1. The zero-order chi connectivity index (χ0) is 15.4. The first-order valence-electron chi connectivity index (χ1n) is 8.25. The molecule has 2 N–H and O–H groups in total. The van der Waals surface area contributed by atoms with E-state index in [1.165, 1.54) is 25.7 Å². The molecule has 0 bridgehead atoms. The van der Waals surface area contributed by atoms with Crippen molar-refractivity contribution < 1.29 is 4.79 Å². The van der Waals surface area contributed by atoms with E-state index in [4.69, 9.17) is 0 Å². The topological polar surface area (TPSA) is 41.1 Å². The van der Waals surface area contributed by atoms with E-state index in [2.05, 4.69) is 29.7 Å². The number of fused-ring (bicyclic) bond motifs is 1. The van der Waals surface area contributed by atoms with Crippen molar-refractivity contribution in [2.75, 3.05) is 11.9 Å². The molecule has 0 aliphatic heterocycles. The molecule has 2 atom stereocenters. The van der Waals surface area contributed by atoms with Gasteiger partial charge >= 0.3 is 0 Å². The van der Waals surface area contributed by atoms with Crippen molar-refractivity contribution in [1.29, 1.82) is 0 Å². The second-order valence-electron chi connectivity index (χ2n) is 6.32. The van der Waals surface area contributed by atoms with Crippen LogP contribution in [-0.2, 0) is 4.79 Å². The summed E-state index contributed by atoms with van der Waals surface area (Å²) in [4.78, 5) is 12.2. The molecule has 1 aliphatic rings. The van der Waals surface area contributed by atoms with Gasteiger partial charge in [0, 0.05) is 17.1 Å². The molecule has 1 fully saturated rings. The van der Waals surface area contributed by atoms with E-state index >= 15 is 0 Å². The van der Waals surface area contributed by atoms with Crippen molar-refractivity contribution in [3.63, 3.8) is 0 Å². The molecular formula is C19H24N2O. The van der Waals surface area contributed by atoms with Crippen molar-refractivity contribution in [2.24, 2.45) is 5.92 Å². The van der Waals surface area contributed by atoms with Crippen LogP contribution < -0.4 is 10.6 Å². The molecule has 0 radical (unpaired) electrons. The SMILES string of the molecule is CC1CCCCC1NCC(=O)Nc1cccc2ccccc12. The molecule has 0 spiro atoms. The third-order valence-electron chi connectivity index (χ3n) is 4.70.